The monoisotopic (exact) mass is 472 g/mol. The van der Waals surface area contributed by atoms with Crippen molar-refractivity contribution in [3.05, 3.63) is 82.9 Å². The van der Waals surface area contributed by atoms with E-state index in [9.17, 15) is 13.2 Å². The Kier molecular flexibility index (Phi) is 7.43. The zero-order chi connectivity index (χ0) is 23.3. The van der Waals surface area contributed by atoms with Crippen molar-refractivity contribution in [2.24, 2.45) is 0 Å². The van der Waals surface area contributed by atoms with Crippen LogP contribution in [0.15, 0.2) is 71.6 Å². The zero-order valence-corrected chi connectivity index (χ0v) is 19.7. The van der Waals surface area contributed by atoms with Crippen LogP contribution in [0.2, 0.25) is 5.02 Å². The zero-order valence-electron chi connectivity index (χ0n) is 18.1. The molecule has 0 heterocycles. The number of methoxy groups -OCH3 is 1. The standard InChI is InChI=1S/C24H25ClN2O4S/c1-4-18-7-5-6-17(2)24(18)26-23(28)16-27(20-10-8-19(25)9-11-20)32(29,30)22-14-12-21(31-3)13-15-22/h5-15H,4,16H2,1-3H3,(H,26,28). The first-order chi connectivity index (χ1) is 15.3. The molecule has 0 atom stereocenters. The third-order valence-electron chi connectivity index (χ3n) is 5.05. The van der Waals surface area contributed by atoms with E-state index in [0.717, 1.165) is 21.9 Å². The molecule has 0 aliphatic carbocycles. The summed E-state index contributed by atoms with van der Waals surface area (Å²) < 4.78 is 33.1. The van der Waals surface area contributed by atoms with Gasteiger partial charge in [0.25, 0.3) is 10.0 Å². The molecule has 0 aliphatic heterocycles. The predicted octanol–water partition coefficient (Wildman–Crippen LogP) is 5.05. The van der Waals surface area contributed by atoms with E-state index >= 15 is 0 Å². The van der Waals surface area contributed by atoms with E-state index in [1.165, 1.54) is 19.2 Å². The normalized spacial score (nSPS) is 11.1. The number of para-hydroxylation sites is 1. The number of carbonyl (C=O) groups is 1. The van der Waals surface area contributed by atoms with Crippen molar-refractivity contribution >= 4 is 38.9 Å². The molecule has 6 nitrogen and oxygen atoms in total. The van der Waals surface area contributed by atoms with E-state index in [2.05, 4.69) is 5.32 Å². The van der Waals surface area contributed by atoms with Crippen LogP contribution in [0.5, 0.6) is 5.75 Å². The van der Waals surface area contributed by atoms with Gasteiger partial charge in [0, 0.05) is 10.7 Å². The number of ether oxygens (including phenoxy) is 1. The van der Waals surface area contributed by atoms with Crippen molar-refractivity contribution in [2.45, 2.75) is 25.2 Å². The van der Waals surface area contributed by atoms with Gasteiger partial charge < -0.3 is 10.1 Å². The molecule has 0 fully saturated rings. The summed E-state index contributed by atoms with van der Waals surface area (Å²) in [5, 5.41) is 3.36. The summed E-state index contributed by atoms with van der Waals surface area (Å²) in [6.45, 7) is 3.51. The van der Waals surface area contributed by atoms with Gasteiger partial charge >= 0.3 is 0 Å². The van der Waals surface area contributed by atoms with Gasteiger partial charge in [0.1, 0.15) is 12.3 Å². The second kappa shape index (κ2) is 10.1. The first kappa shape index (κ1) is 23.6. The molecule has 3 aromatic carbocycles. The number of aryl methyl sites for hydroxylation is 2. The average molecular weight is 473 g/mol. The van der Waals surface area contributed by atoms with Crippen molar-refractivity contribution in [1.82, 2.24) is 0 Å². The Bertz CT molecular complexity index is 1190. The number of carbonyl (C=O) groups excluding carboxylic acids is 1. The number of rotatable bonds is 8. The van der Waals surface area contributed by atoms with Gasteiger partial charge in [0.15, 0.2) is 0 Å². The molecule has 0 bridgehead atoms. The van der Waals surface area contributed by atoms with Crippen LogP contribution < -0.4 is 14.4 Å². The number of nitrogens with zero attached hydrogens (tertiary/aromatic N) is 1. The molecule has 0 saturated heterocycles. The fourth-order valence-electron chi connectivity index (χ4n) is 3.31. The maximum Gasteiger partial charge on any atom is 0.264 e. The molecule has 0 aromatic heterocycles. The van der Waals surface area contributed by atoms with E-state index in [0.29, 0.717) is 22.1 Å². The van der Waals surface area contributed by atoms with Crippen LogP contribution in [0.25, 0.3) is 0 Å². The molecule has 168 valence electrons. The minimum atomic E-state index is -4.03. The number of anilines is 2. The Labute approximate surface area is 193 Å². The lowest BCUT2D eigenvalue weighted by Gasteiger charge is -2.25. The summed E-state index contributed by atoms with van der Waals surface area (Å²) >= 11 is 5.98. The summed E-state index contributed by atoms with van der Waals surface area (Å²) in [7, 11) is -2.53. The van der Waals surface area contributed by atoms with Crippen LogP contribution in [-0.2, 0) is 21.2 Å². The fourth-order valence-corrected chi connectivity index (χ4v) is 4.86. The number of amides is 1. The van der Waals surface area contributed by atoms with Crippen molar-refractivity contribution < 1.29 is 17.9 Å². The van der Waals surface area contributed by atoms with Crippen LogP contribution in [0, 0.1) is 6.92 Å². The van der Waals surface area contributed by atoms with Crippen LogP contribution in [0.4, 0.5) is 11.4 Å². The number of halogens is 1. The van der Waals surface area contributed by atoms with Crippen LogP contribution >= 0.6 is 11.6 Å². The van der Waals surface area contributed by atoms with E-state index in [1.807, 2.05) is 32.0 Å². The molecule has 3 rings (SSSR count). The Morgan fingerprint density at radius 3 is 2.28 bits per heavy atom. The predicted molar refractivity (Wildman–Crippen MR) is 128 cm³/mol. The lowest BCUT2D eigenvalue weighted by molar-refractivity contribution is -0.114. The second-order valence-electron chi connectivity index (χ2n) is 7.17. The van der Waals surface area contributed by atoms with Gasteiger partial charge in [-0.15, -0.1) is 0 Å². The maximum atomic E-state index is 13.5. The first-order valence-corrected chi connectivity index (χ1v) is 11.9. The highest BCUT2D eigenvalue weighted by Gasteiger charge is 2.27. The molecule has 8 heteroatoms. The van der Waals surface area contributed by atoms with Gasteiger partial charge in [-0.3, -0.25) is 9.10 Å². The Hall–Kier alpha value is -3.03. The quantitative estimate of drug-likeness (QED) is 0.497. The molecule has 0 saturated carbocycles. The summed E-state index contributed by atoms with van der Waals surface area (Å²) in [6, 6.07) is 18.1. The highest BCUT2D eigenvalue weighted by atomic mass is 35.5. The highest BCUT2D eigenvalue weighted by molar-refractivity contribution is 7.92. The number of benzene rings is 3. The van der Waals surface area contributed by atoms with E-state index in [-0.39, 0.29) is 4.90 Å². The smallest absolute Gasteiger partial charge is 0.264 e. The van der Waals surface area contributed by atoms with Crippen molar-refractivity contribution in [1.29, 1.82) is 0 Å². The molecule has 32 heavy (non-hydrogen) atoms. The molecule has 0 aliphatic rings. The van der Waals surface area contributed by atoms with Gasteiger partial charge in [-0.25, -0.2) is 8.42 Å². The van der Waals surface area contributed by atoms with Gasteiger partial charge in [-0.1, -0.05) is 36.7 Å². The fraction of sp³-hybridized carbons (Fsp3) is 0.208. The minimum absolute atomic E-state index is 0.0474. The van der Waals surface area contributed by atoms with Gasteiger partial charge in [-0.05, 0) is 73.0 Å². The molecular formula is C24H25ClN2O4S. The van der Waals surface area contributed by atoms with E-state index < -0.39 is 22.5 Å². The number of nitrogens with one attached hydrogen (secondary N) is 1. The molecule has 0 spiro atoms. The van der Waals surface area contributed by atoms with Gasteiger partial charge in [0.05, 0.1) is 17.7 Å². The van der Waals surface area contributed by atoms with Gasteiger partial charge in [0.2, 0.25) is 5.91 Å². The summed E-state index contributed by atoms with van der Waals surface area (Å²) in [5.74, 6) is 0.0902. The second-order valence-corrected chi connectivity index (χ2v) is 9.47. The van der Waals surface area contributed by atoms with Crippen molar-refractivity contribution in [2.75, 3.05) is 23.3 Å². The molecule has 0 radical (unpaired) electrons. The Morgan fingerprint density at radius 1 is 1.03 bits per heavy atom. The lowest BCUT2D eigenvalue weighted by atomic mass is 10.1. The molecule has 0 unspecified atom stereocenters. The van der Waals surface area contributed by atoms with Gasteiger partial charge in [-0.2, -0.15) is 0 Å². The third kappa shape index (κ3) is 5.23. The third-order valence-corrected chi connectivity index (χ3v) is 7.09. The SMILES string of the molecule is CCc1cccc(C)c1NC(=O)CN(c1ccc(Cl)cc1)S(=O)(=O)c1ccc(OC)cc1. The van der Waals surface area contributed by atoms with E-state index in [1.54, 1.807) is 36.4 Å². The van der Waals surface area contributed by atoms with Crippen molar-refractivity contribution in [3.8, 4) is 5.75 Å². The van der Waals surface area contributed by atoms with Crippen molar-refractivity contribution in [3.63, 3.8) is 0 Å². The molecule has 1 amide bonds. The maximum absolute atomic E-state index is 13.5. The van der Waals surface area contributed by atoms with Crippen LogP contribution in [0.3, 0.4) is 0 Å². The largest absolute Gasteiger partial charge is 0.497 e. The molecule has 1 N–H and O–H groups in total. The first-order valence-electron chi connectivity index (χ1n) is 10.1. The topological polar surface area (TPSA) is 75.7 Å². The Balaban J connectivity index is 1.96. The number of sulfonamides is 1. The number of hydrogen-bond donors (Lipinski definition) is 1. The summed E-state index contributed by atoms with van der Waals surface area (Å²) in [4.78, 5) is 13.0. The summed E-state index contributed by atoms with van der Waals surface area (Å²) in [5.41, 5.74) is 2.93. The summed E-state index contributed by atoms with van der Waals surface area (Å²) in [6.07, 6.45) is 0.738. The van der Waals surface area contributed by atoms with Crippen LogP contribution in [-0.4, -0.2) is 28.0 Å². The Morgan fingerprint density at radius 2 is 1.69 bits per heavy atom. The minimum Gasteiger partial charge on any atom is -0.497 e. The number of hydrogen-bond acceptors (Lipinski definition) is 4. The van der Waals surface area contributed by atoms with Crippen LogP contribution in [0.1, 0.15) is 18.1 Å². The highest BCUT2D eigenvalue weighted by Crippen LogP contribution is 2.27. The average Bonchev–Trinajstić information content (AvgIpc) is 2.79. The lowest BCUT2D eigenvalue weighted by Crippen LogP contribution is -2.38. The molecule has 3 aromatic rings. The molecular weight excluding hydrogens is 448 g/mol. The van der Waals surface area contributed by atoms with E-state index in [4.69, 9.17) is 16.3 Å².